The van der Waals surface area contributed by atoms with E-state index in [1.54, 1.807) is 0 Å². The highest BCUT2D eigenvalue weighted by atomic mass is 16.6. The fraction of sp³-hybridized carbons (Fsp3) is 0.467. The van der Waals surface area contributed by atoms with E-state index < -0.39 is 11.7 Å². The second-order valence-corrected chi connectivity index (χ2v) is 5.41. The lowest BCUT2D eigenvalue weighted by Crippen LogP contribution is -2.34. The molecular weight excluding hydrogens is 254 g/mol. The van der Waals surface area contributed by atoms with Crippen molar-refractivity contribution in [1.29, 1.82) is 5.26 Å². The molecule has 0 aromatic heterocycles. The predicted molar refractivity (Wildman–Crippen MR) is 78.3 cm³/mol. The van der Waals surface area contributed by atoms with Crippen LogP contribution in [0.2, 0.25) is 0 Å². The van der Waals surface area contributed by atoms with Gasteiger partial charge < -0.3 is 15.4 Å². The minimum absolute atomic E-state index is 0.354. The molecule has 2 N–H and O–H groups in total. The Kier molecular flexibility index (Phi) is 5.85. The van der Waals surface area contributed by atoms with E-state index in [-0.39, 0.29) is 6.04 Å². The van der Waals surface area contributed by atoms with Crippen molar-refractivity contribution in [2.75, 3.05) is 11.9 Å². The third-order valence-corrected chi connectivity index (χ3v) is 2.37. The molecule has 1 unspecified atom stereocenters. The SMILES string of the molecule is CC(C)(C)OC(=O)NCCC(C#N)Nc1ccccc1. The third-order valence-electron chi connectivity index (χ3n) is 2.37. The van der Waals surface area contributed by atoms with E-state index in [0.717, 1.165) is 5.69 Å². The number of carbonyl (C=O) groups is 1. The van der Waals surface area contributed by atoms with Gasteiger partial charge in [-0.05, 0) is 39.3 Å². The zero-order chi connectivity index (χ0) is 15.0. The molecule has 0 aliphatic rings. The fourth-order valence-corrected chi connectivity index (χ4v) is 1.54. The minimum atomic E-state index is -0.513. The van der Waals surface area contributed by atoms with Gasteiger partial charge >= 0.3 is 6.09 Å². The van der Waals surface area contributed by atoms with E-state index in [0.29, 0.717) is 13.0 Å². The van der Waals surface area contributed by atoms with Crippen LogP contribution in [0, 0.1) is 11.3 Å². The Morgan fingerprint density at radius 3 is 2.55 bits per heavy atom. The average molecular weight is 275 g/mol. The molecule has 1 aromatic rings. The van der Waals surface area contributed by atoms with E-state index in [1.807, 2.05) is 51.1 Å². The van der Waals surface area contributed by atoms with Crippen LogP contribution in [0.4, 0.5) is 10.5 Å². The number of rotatable bonds is 5. The lowest BCUT2D eigenvalue weighted by molar-refractivity contribution is 0.0527. The molecule has 5 heteroatoms. The second-order valence-electron chi connectivity index (χ2n) is 5.41. The van der Waals surface area contributed by atoms with Gasteiger partial charge in [0.05, 0.1) is 6.07 Å². The Morgan fingerprint density at radius 1 is 1.35 bits per heavy atom. The van der Waals surface area contributed by atoms with Gasteiger partial charge in [-0.1, -0.05) is 18.2 Å². The van der Waals surface area contributed by atoms with Crippen molar-refractivity contribution in [2.24, 2.45) is 0 Å². The van der Waals surface area contributed by atoms with Gasteiger partial charge in [0, 0.05) is 12.2 Å². The Balaban J connectivity index is 2.32. The van der Waals surface area contributed by atoms with Gasteiger partial charge in [0.2, 0.25) is 0 Å². The van der Waals surface area contributed by atoms with Crippen molar-refractivity contribution in [3.05, 3.63) is 30.3 Å². The first kappa shape index (κ1) is 15.8. The maximum Gasteiger partial charge on any atom is 0.407 e. The van der Waals surface area contributed by atoms with Crippen LogP contribution < -0.4 is 10.6 Å². The monoisotopic (exact) mass is 275 g/mol. The lowest BCUT2D eigenvalue weighted by atomic mass is 10.2. The number of amides is 1. The van der Waals surface area contributed by atoms with Crippen LogP contribution in [0.3, 0.4) is 0 Å². The number of nitriles is 1. The van der Waals surface area contributed by atoms with Crippen molar-refractivity contribution in [3.8, 4) is 6.07 Å². The van der Waals surface area contributed by atoms with E-state index in [1.165, 1.54) is 0 Å². The largest absolute Gasteiger partial charge is 0.444 e. The van der Waals surface area contributed by atoms with Crippen molar-refractivity contribution in [2.45, 2.75) is 38.8 Å². The molecule has 1 atom stereocenters. The van der Waals surface area contributed by atoms with Crippen LogP contribution in [0.5, 0.6) is 0 Å². The van der Waals surface area contributed by atoms with Crippen molar-refractivity contribution in [1.82, 2.24) is 5.32 Å². The molecule has 1 rings (SSSR count). The first-order chi connectivity index (χ1) is 9.40. The first-order valence-electron chi connectivity index (χ1n) is 6.59. The molecule has 0 aliphatic carbocycles. The number of hydrogen-bond acceptors (Lipinski definition) is 4. The highest BCUT2D eigenvalue weighted by Crippen LogP contribution is 2.09. The molecule has 1 aromatic carbocycles. The summed E-state index contributed by atoms with van der Waals surface area (Å²) in [5.41, 5.74) is 0.373. The molecule has 0 saturated heterocycles. The first-order valence-corrected chi connectivity index (χ1v) is 6.59. The summed E-state index contributed by atoms with van der Waals surface area (Å²) in [5, 5.41) is 14.8. The number of benzene rings is 1. The van der Waals surface area contributed by atoms with E-state index in [2.05, 4.69) is 16.7 Å². The molecule has 0 fully saturated rings. The predicted octanol–water partition coefficient (Wildman–Crippen LogP) is 2.91. The minimum Gasteiger partial charge on any atom is -0.444 e. The highest BCUT2D eigenvalue weighted by molar-refractivity contribution is 5.67. The molecular formula is C15H21N3O2. The molecule has 0 aliphatic heterocycles. The van der Waals surface area contributed by atoms with Crippen LogP contribution in [0.1, 0.15) is 27.2 Å². The number of anilines is 1. The van der Waals surface area contributed by atoms with Gasteiger partial charge in [0.15, 0.2) is 0 Å². The van der Waals surface area contributed by atoms with Gasteiger partial charge in [-0.3, -0.25) is 0 Å². The van der Waals surface area contributed by atoms with Gasteiger partial charge in [-0.25, -0.2) is 4.79 Å². The second kappa shape index (κ2) is 7.39. The molecule has 1 amide bonds. The van der Waals surface area contributed by atoms with Crippen LogP contribution in [0.25, 0.3) is 0 Å². The van der Waals surface area contributed by atoms with Crippen LogP contribution in [-0.4, -0.2) is 24.3 Å². The van der Waals surface area contributed by atoms with Crippen LogP contribution in [0.15, 0.2) is 30.3 Å². The Labute approximate surface area is 119 Å². The summed E-state index contributed by atoms with van der Waals surface area (Å²) in [6, 6.07) is 11.3. The topological polar surface area (TPSA) is 74.1 Å². The van der Waals surface area contributed by atoms with E-state index in [9.17, 15) is 4.79 Å². The standard InChI is InChI=1S/C15H21N3O2/c1-15(2,3)20-14(19)17-10-9-13(11-16)18-12-7-5-4-6-8-12/h4-8,13,18H,9-10H2,1-3H3,(H,17,19). The summed E-state index contributed by atoms with van der Waals surface area (Å²) in [5.74, 6) is 0. The average Bonchev–Trinajstić information content (AvgIpc) is 2.36. The molecule has 0 bridgehead atoms. The lowest BCUT2D eigenvalue weighted by Gasteiger charge is -2.20. The summed E-state index contributed by atoms with van der Waals surface area (Å²) in [4.78, 5) is 11.5. The Bertz CT molecular complexity index is 460. The fourth-order valence-electron chi connectivity index (χ4n) is 1.54. The number of nitrogens with zero attached hydrogens (tertiary/aromatic N) is 1. The number of hydrogen-bond donors (Lipinski definition) is 2. The summed E-state index contributed by atoms with van der Waals surface area (Å²) in [6.07, 6.45) is 0.0406. The van der Waals surface area contributed by atoms with Crippen LogP contribution in [-0.2, 0) is 4.74 Å². The number of ether oxygens (including phenoxy) is 1. The zero-order valence-corrected chi connectivity index (χ0v) is 12.1. The molecule has 20 heavy (non-hydrogen) atoms. The molecule has 0 saturated carbocycles. The van der Waals surface area contributed by atoms with Gasteiger partial charge in [-0.2, -0.15) is 5.26 Å². The van der Waals surface area contributed by atoms with E-state index >= 15 is 0 Å². The molecule has 0 spiro atoms. The van der Waals surface area contributed by atoms with E-state index in [4.69, 9.17) is 10.00 Å². The van der Waals surface area contributed by atoms with Crippen molar-refractivity contribution < 1.29 is 9.53 Å². The summed E-state index contributed by atoms with van der Waals surface area (Å²) in [6.45, 7) is 5.80. The number of para-hydroxylation sites is 1. The van der Waals surface area contributed by atoms with Crippen molar-refractivity contribution in [3.63, 3.8) is 0 Å². The molecule has 108 valence electrons. The summed E-state index contributed by atoms with van der Waals surface area (Å²) >= 11 is 0. The Morgan fingerprint density at radius 2 is 2.00 bits per heavy atom. The number of alkyl carbamates (subject to hydrolysis) is 1. The number of nitrogens with one attached hydrogen (secondary N) is 2. The smallest absolute Gasteiger partial charge is 0.407 e. The van der Waals surface area contributed by atoms with Gasteiger partial charge in [-0.15, -0.1) is 0 Å². The summed E-state index contributed by atoms with van der Waals surface area (Å²) in [7, 11) is 0. The molecule has 5 nitrogen and oxygen atoms in total. The van der Waals surface area contributed by atoms with Gasteiger partial charge in [0.25, 0.3) is 0 Å². The maximum absolute atomic E-state index is 11.5. The van der Waals surface area contributed by atoms with Gasteiger partial charge in [0.1, 0.15) is 11.6 Å². The number of carbonyl (C=O) groups excluding carboxylic acids is 1. The molecule has 0 heterocycles. The zero-order valence-electron chi connectivity index (χ0n) is 12.1. The summed E-state index contributed by atoms with van der Waals surface area (Å²) < 4.78 is 5.12. The van der Waals surface area contributed by atoms with Crippen molar-refractivity contribution >= 4 is 11.8 Å². The maximum atomic E-state index is 11.5. The highest BCUT2D eigenvalue weighted by Gasteiger charge is 2.16. The Hall–Kier alpha value is -2.22. The van der Waals surface area contributed by atoms with Crippen LogP contribution >= 0.6 is 0 Å². The molecule has 0 radical (unpaired) electrons. The third kappa shape index (κ3) is 6.64. The normalized spacial score (nSPS) is 12.1. The quantitative estimate of drug-likeness (QED) is 0.866.